The summed E-state index contributed by atoms with van der Waals surface area (Å²) in [6.45, 7) is 5.91. The van der Waals surface area contributed by atoms with Gasteiger partial charge in [0.15, 0.2) is 0 Å². The number of benzene rings is 1. The van der Waals surface area contributed by atoms with E-state index in [4.69, 9.17) is 0 Å². The quantitative estimate of drug-likeness (QED) is 0.835. The van der Waals surface area contributed by atoms with Crippen molar-refractivity contribution in [1.82, 2.24) is 9.80 Å². The van der Waals surface area contributed by atoms with Gasteiger partial charge in [-0.3, -0.25) is 9.69 Å². The molecule has 0 aliphatic carbocycles. The number of nitrogens with zero attached hydrogens (tertiary/aromatic N) is 2. The first-order valence-electron chi connectivity index (χ1n) is 8.34. The minimum absolute atomic E-state index is 0.0254. The van der Waals surface area contributed by atoms with Gasteiger partial charge in [-0.15, -0.1) is 0 Å². The van der Waals surface area contributed by atoms with E-state index in [0.29, 0.717) is 19.6 Å². The van der Waals surface area contributed by atoms with Gasteiger partial charge in [0, 0.05) is 13.1 Å². The van der Waals surface area contributed by atoms with Crippen LogP contribution in [0.4, 0.5) is 0 Å². The van der Waals surface area contributed by atoms with Crippen molar-refractivity contribution in [2.24, 2.45) is 5.92 Å². The Hall–Kier alpha value is -1.39. The zero-order chi connectivity index (χ0) is 15.8. The average molecular weight is 304 g/mol. The lowest BCUT2D eigenvalue weighted by Crippen LogP contribution is -2.44. The second kappa shape index (κ2) is 8.91. The van der Waals surface area contributed by atoms with Gasteiger partial charge in [0.2, 0.25) is 5.91 Å². The smallest absolute Gasteiger partial charge is 0.236 e. The molecule has 0 saturated carbocycles. The molecule has 4 nitrogen and oxygen atoms in total. The van der Waals surface area contributed by atoms with Crippen molar-refractivity contribution in [3.8, 4) is 0 Å². The van der Waals surface area contributed by atoms with Gasteiger partial charge in [-0.25, -0.2) is 0 Å². The molecular formula is C18H28N2O2. The first-order valence-corrected chi connectivity index (χ1v) is 8.34. The summed E-state index contributed by atoms with van der Waals surface area (Å²) in [6, 6.07) is 10.2. The van der Waals surface area contributed by atoms with Crippen molar-refractivity contribution >= 4 is 5.91 Å². The fourth-order valence-electron chi connectivity index (χ4n) is 2.90. The van der Waals surface area contributed by atoms with Crippen molar-refractivity contribution in [1.29, 1.82) is 0 Å². The van der Waals surface area contributed by atoms with E-state index in [1.165, 1.54) is 18.4 Å². The number of aliphatic hydroxyl groups is 1. The molecule has 1 N–H and O–H groups in total. The van der Waals surface area contributed by atoms with E-state index in [1.807, 2.05) is 18.2 Å². The van der Waals surface area contributed by atoms with Crippen LogP contribution < -0.4 is 0 Å². The molecule has 0 aromatic heterocycles. The van der Waals surface area contributed by atoms with Crippen molar-refractivity contribution in [2.75, 3.05) is 39.3 Å². The van der Waals surface area contributed by atoms with E-state index < -0.39 is 0 Å². The summed E-state index contributed by atoms with van der Waals surface area (Å²) in [4.78, 5) is 16.5. The van der Waals surface area contributed by atoms with Crippen LogP contribution in [0.2, 0.25) is 0 Å². The van der Waals surface area contributed by atoms with Crippen molar-refractivity contribution in [3.05, 3.63) is 35.9 Å². The van der Waals surface area contributed by atoms with Crippen LogP contribution in [0.5, 0.6) is 0 Å². The van der Waals surface area contributed by atoms with Gasteiger partial charge in [-0.05, 0) is 43.8 Å². The molecule has 1 aromatic rings. The maximum atomic E-state index is 12.5. The summed E-state index contributed by atoms with van der Waals surface area (Å²) in [6.07, 6.45) is 3.19. The Balaban J connectivity index is 1.82. The maximum absolute atomic E-state index is 12.5. The van der Waals surface area contributed by atoms with Crippen LogP contribution >= 0.6 is 0 Å². The van der Waals surface area contributed by atoms with E-state index in [0.717, 1.165) is 25.4 Å². The number of hydrogen-bond donors (Lipinski definition) is 1. The third-order valence-corrected chi connectivity index (χ3v) is 4.47. The number of piperidine rings is 1. The summed E-state index contributed by atoms with van der Waals surface area (Å²) in [5.74, 6) is 0.914. The Morgan fingerprint density at radius 3 is 2.55 bits per heavy atom. The molecule has 122 valence electrons. The first-order chi connectivity index (χ1) is 10.7. The number of rotatable bonds is 7. The topological polar surface area (TPSA) is 43.8 Å². The standard InChI is InChI=1S/C18H28N2O2/c1-16-7-10-19(11-8-16)15-18(22)20(13-14-21)12-9-17-5-3-2-4-6-17/h2-6,16,21H,7-15H2,1H3. The zero-order valence-corrected chi connectivity index (χ0v) is 13.6. The van der Waals surface area contributed by atoms with E-state index >= 15 is 0 Å². The zero-order valence-electron chi connectivity index (χ0n) is 13.6. The van der Waals surface area contributed by atoms with Crippen molar-refractivity contribution < 1.29 is 9.90 Å². The molecule has 1 aliphatic rings. The summed E-state index contributed by atoms with van der Waals surface area (Å²) in [5, 5.41) is 9.22. The molecule has 0 radical (unpaired) electrons. The van der Waals surface area contributed by atoms with Crippen LogP contribution in [0.25, 0.3) is 0 Å². The van der Waals surface area contributed by atoms with Crippen LogP contribution in [0.1, 0.15) is 25.3 Å². The lowest BCUT2D eigenvalue weighted by atomic mass is 9.99. The van der Waals surface area contributed by atoms with E-state index in [1.54, 1.807) is 4.90 Å². The van der Waals surface area contributed by atoms with Crippen molar-refractivity contribution in [3.63, 3.8) is 0 Å². The third-order valence-electron chi connectivity index (χ3n) is 4.47. The lowest BCUT2D eigenvalue weighted by molar-refractivity contribution is -0.133. The molecule has 0 bridgehead atoms. The van der Waals surface area contributed by atoms with Gasteiger partial charge < -0.3 is 10.0 Å². The van der Waals surface area contributed by atoms with Crippen LogP contribution in [-0.4, -0.2) is 60.1 Å². The molecular weight excluding hydrogens is 276 g/mol. The highest BCUT2D eigenvalue weighted by Crippen LogP contribution is 2.15. The van der Waals surface area contributed by atoms with Gasteiger partial charge in [0.1, 0.15) is 0 Å². The molecule has 1 saturated heterocycles. The Kier molecular flexibility index (Phi) is 6.87. The minimum Gasteiger partial charge on any atom is -0.395 e. The highest BCUT2D eigenvalue weighted by atomic mass is 16.3. The fraction of sp³-hybridized carbons (Fsp3) is 0.611. The summed E-state index contributed by atoms with van der Waals surface area (Å²) in [5.41, 5.74) is 1.23. The molecule has 1 heterocycles. The Labute approximate surface area is 133 Å². The predicted molar refractivity (Wildman–Crippen MR) is 88.6 cm³/mol. The number of hydrogen-bond acceptors (Lipinski definition) is 3. The average Bonchev–Trinajstić information content (AvgIpc) is 2.54. The lowest BCUT2D eigenvalue weighted by Gasteiger charge is -2.31. The number of aliphatic hydroxyl groups excluding tert-OH is 1. The maximum Gasteiger partial charge on any atom is 0.236 e. The Bertz CT molecular complexity index is 442. The third kappa shape index (κ3) is 5.43. The molecule has 1 amide bonds. The second-order valence-electron chi connectivity index (χ2n) is 6.30. The van der Waals surface area contributed by atoms with Crippen LogP contribution in [0.3, 0.4) is 0 Å². The Morgan fingerprint density at radius 2 is 1.91 bits per heavy atom. The predicted octanol–water partition coefficient (Wildman–Crippen LogP) is 1.78. The van der Waals surface area contributed by atoms with Crippen LogP contribution in [-0.2, 0) is 11.2 Å². The second-order valence-corrected chi connectivity index (χ2v) is 6.30. The van der Waals surface area contributed by atoms with E-state index in [-0.39, 0.29) is 12.5 Å². The normalized spacial score (nSPS) is 16.6. The van der Waals surface area contributed by atoms with E-state index in [2.05, 4.69) is 24.0 Å². The number of amides is 1. The Morgan fingerprint density at radius 1 is 1.23 bits per heavy atom. The molecule has 0 atom stereocenters. The van der Waals surface area contributed by atoms with Gasteiger partial charge in [-0.1, -0.05) is 37.3 Å². The van der Waals surface area contributed by atoms with Gasteiger partial charge >= 0.3 is 0 Å². The van der Waals surface area contributed by atoms with Gasteiger partial charge in [0.05, 0.1) is 13.2 Å². The summed E-state index contributed by atoms with van der Waals surface area (Å²) in [7, 11) is 0. The van der Waals surface area contributed by atoms with Crippen molar-refractivity contribution in [2.45, 2.75) is 26.2 Å². The monoisotopic (exact) mass is 304 g/mol. The molecule has 1 fully saturated rings. The molecule has 1 aromatic carbocycles. The molecule has 1 aliphatic heterocycles. The highest BCUT2D eigenvalue weighted by molar-refractivity contribution is 5.78. The highest BCUT2D eigenvalue weighted by Gasteiger charge is 2.20. The SMILES string of the molecule is CC1CCN(CC(=O)N(CCO)CCc2ccccc2)CC1. The van der Waals surface area contributed by atoms with Crippen LogP contribution in [0, 0.1) is 5.92 Å². The molecule has 22 heavy (non-hydrogen) atoms. The molecule has 4 heteroatoms. The van der Waals surface area contributed by atoms with Gasteiger partial charge in [0.25, 0.3) is 0 Å². The molecule has 0 spiro atoms. The van der Waals surface area contributed by atoms with Crippen LogP contribution in [0.15, 0.2) is 30.3 Å². The molecule has 0 unspecified atom stereocenters. The molecule has 2 rings (SSSR count). The van der Waals surface area contributed by atoms with Gasteiger partial charge in [-0.2, -0.15) is 0 Å². The number of likely N-dealkylation sites (tertiary alicyclic amines) is 1. The number of carbonyl (C=O) groups is 1. The summed E-state index contributed by atoms with van der Waals surface area (Å²) >= 11 is 0. The van der Waals surface area contributed by atoms with E-state index in [9.17, 15) is 9.90 Å². The first kappa shape index (κ1) is 17.0. The fourth-order valence-corrected chi connectivity index (χ4v) is 2.90. The summed E-state index contributed by atoms with van der Waals surface area (Å²) < 4.78 is 0. The largest absolute Gasteiger partial charge is 0.395 e. The minimum atomic E-state index is 0.0254. The number of carbonyl (C=O) groups excluding carboxylic acids is 1.